The van der Waals surface area contributed by atoms with E-state index in [1.54, 1.807) is 23.5 Å². The summed E-state index contributed by atoms with van der Waals surface area (Å²) in [5.74, 6) is -0.278. The van der Waals surface area contributed by atoms with Crippen LogP contribution in [-0.4, -0.2) is 43.6 Å². The molecule has 1 atom stereocenters. The minimum Gasteiger partial charge on any atom is -0.428 e. The molecule has 2 heterocycles. The van der Waals surface area contributed by atoms with Crippen molar-refractivity contribution in [2.75, 3.05) is 26.2 Å². The van der Waals surface area contributed by atoms with Crippen molar-refractivity contribution in [1.82, 2.24) is 10.2 Å². The van der Waals surface area contributed by atoms with Crippen LogP contribution in [0.4, 0.5) is 17.6 Å². The number of alkyl halides is 4. The molecule has 0 radical (unpaired) electrons. The fraction of sp³-hybridized carbons (Fsp3) is 0.412. The third kappa shape index (κ3) is 4.88. The molecule has 144 valence electrons. The van der Waals surface area contributed by atoms with Crippen LogP contribution in [0.3, 0.4) is 0 Å². The van der Waals surface area contributed by atoms with Gasteiger partial charge in [-0.1, -0.05) is 18.2 Å². The Balaban J connectivity index is 0.00000243. The standard InChI is InChI=1S/C17H18F4N2OS.ClH/c18-16(19)17(20,21)24-13-5-3-12(4-6-13)15(14-2-1-11-25-14)23-9-7-22-8-10-23;/h1-6,11,15-16,22H,7-10H2;1H/t15-;/m1./s1. The first-order valence-corrected chi connectivity index (χ1v) is 8.78. The van der Waals surface area contributed by atoms with E-state index in [1.807, 2.05) is 17.5 Å². The largest absolute Gasteiger partial charge is 0.461 e. The number of ether oxygens (including phenoxy) is 1. The van der Waals surface area contributed by atoms with E-state index in [2.05, 4.69) is 15.0 Å². The van der Waals surface area contributed by atoms with E-state index in [0.717, 1.165) is 36.6 Å². The van der Waals surface area contributed by atoms with Crippen molar-refractivity contribution in [2.24, 2.45) is 0 Å². The average Bonchev–Trinajstić information content (AvgIpc) is 3.11. The third-order valence-electron chi connectivity index (χ3n) is 4.03. The molecule has 1 aliphatic rings. The van der Waals surface area contributed by atoms with Gasteiger partial charge >= 0.3 is 12.5 Å². The Labute approximate surface area is 159 Å². The molecule has 2 aromatic rings. The lowest BCUT2D eigenvalue weighted by molar-refractivity contribution is -0.253. The van der Waals surface area contributed by atoms with E-state index in [1.165, 1.54) is 12.1 Å². The van der Waals surface area contributed by atoms with E-state index in [0.29, 0.717) is 0 Å². The van der Waals surface area contributed by atoms with Crippen LogP contribution >= 0.6 is 23.7 Å². The summed E-state index contributed by atoms with van der Waals surface area (Å²) in [5, 5.41) is 5.29. The first-order chi connectivity index (χ1) is 12.0. The SMILES string of the molecule is Cl.FC(F)C(F)(F)Oc1ccc([C@H](c2cccs2)N2CCNCC2)cc1. The highest BCUT2D eigenvalue weighted by Gasteiger charge is 2.44. The Hall–Kier alpha value is -1.35. The normalized spacial score (nSPS) is 17.0. The molecule has 3 rings (SSSR count). The molecule has 1 fully saturated rings. The topological polar surface area (TPSA) is 24.5 Å². The van der Waals surface area contributed by atoms with Crippen molar-refractivity contribution in [3.63, 3.8) is 0 Å². The average molecular weight is 411 g/mol. The van der Waals surface area contributed by atoms with Crippen LogP contribution in [0, 0.1) is 0 Å². The zero-order valence-corrected chi connectivity index (χ0v) is 15.3. The van der Waals surface area contributed by atoms with E-state index in [9.17, 15) is 17.6 Å². The van der Waals surface area contributed by atoms with Crippen LogP contribution in [0.2, 0.25) is 0 Å². The highest BCUT2D eigenvalue weighted by atomic mass is 35.5. The molecule has 1 aliphatic heterocycles. The highest BCUT2D eigenvalue weighted by Crippen LogP contribution is 2.34. The molecule has 0 unspecified atom stereocenters. The summed E-state index contributed by atoms with van der Waals surface area (Å²) in [4.78, 5) is 3.46. The van der Waals surface area contributed by atoms with Gasteiger partial charge in [0.1, 0.15) is 5.75 Å². The predicted octanol–water partition coefficient (Wildman–Crippen LogP) is 4.40. The zero-order valence-electron chi connectivity index (χ0n) is 13.7. The highest BCUT2D eigenvalue weighted by molar-refractivity contribution is 7.10. The number of rotatable bonds is 6. The smallest absolute Gasteiger partial charge is 0.428 e. The Morgan fingerprint density at radius 3 is 2.27 bits per heavy atom. The molecule has 0 amide bonds. The van der Waals surface area contributed by atoms with Crippen molar-refractivity contribution < 1.29 is 22.3 Å². The number of hydrogen-bond donors (Lipinski definition) is 1. The van der Waals surface area contributed by atoms with Crippen LogP contribution < -0.4 is 10.1 Å². The van der Waals surface area contributed by atoms with Crippen molar-refractivity contribution in [3.8, 4) is 5.75 Å². The molecule has 1 aromatic carbocycles. The Morgan fingerprint density at radius 1 is 1.08 bits per heavy atom. The summed E-state index contributed by atoms with van der Waals surface area (Å²) < 4.78 is 54.7. The van der Waals surface area contributed by atoms with Crippen LogP contribution in [0.15, 0.2) is 41.8 Å². The van der Waals surface area contributed by atoms with Gasteiger partial charge in [-0.25, -0.2) is 0 Å². The summed E-state index contributed by atoms with van der Waals surface area (Å²) >= 11 is 1.63. The molecule has 26 heavy (non-hydrogen) atoms. The molecule has 3 nitrogen and oxygen atoms in total. The number of piperazine rings is 1. The van der Waals surface area contributed by atoms with Gasteiger partial charge in [0.2, 0.25) is 0 Å². The van der Waals surface area contributed by atoms with Crippen LogP contribution in [0.5, 0.6) is 5.75 Å². The van der Waals surface area contributed by atoms with Gasteiger partial charge in [-0.3, -0.25) is 4.90 Å². The quantitative estimate of drug-likeness (QED) is 0.714. The van der Waals surface area contributed by atoms with Crippen LogP contribution in [0.1, 0.15) is 16.5 Å². The Kier molecular flexibility index (Phi) is 7.28. The summed E-state index contributed by atoms with van der Waals surface area (Å²) in [5.41, 5.74) is 0.914. The van der Waals surface area contributed by atoms with Crippen molar-refractivity contribution in [1.29, 1.82) is 0 Å². The molecule has 0 aliphatic carbocycles. The second kappa shape index (κ2) is 9.03. The second-order valence-electron chi connectivity index (χ2n) is 5.74. The zero-order chi connectivity index (χ0) is 17.9. The van der Waals surface area contributed by atoms with Gasteiger partial charge in [0.05, 0.1) is 6.04 Å². The fourth-order valence-corrected chi connectivity index (χ4v) is 3.75. The Bertz CT molecular complexity index is 664. The molecule has 0 saturated carbocycles. The second-order valence-corrected chi connectivity index (χ2v) is 6.72. The summed E-state index contributed by atoms with van der Waals surface area (Å²) in [7, 11) is 0. The molecule has 9 heteroatoms. The third-order valence-corrected chi connectivity index (χ3v) is 4.96. The van der Waals surface area contributed by atoms with E-state index < -0.39 is 12.5 Å². The maximum Gasteiger partial charge on any atom is 0.461 e. The summed E-state index contributed by atoms with van der Waals surface area (Å²) in [6, 6.07) is 9.95. The number of nitrogens with one attached hydrogen (secondary N) is 1. The number of benzene rings is 1. The summed E-state index contributed by atoms with van der Waals surface area (Å²) in [6.45, 7) is 3.49. The molecular weight excluding hydrogens is 392 g/mol. The predicted molar refractivity (Wildman–Crippen MR) is 95.9 cm³/mol. The van der Waals surface area contributed by atoms with Gasteiger partial charge in [0.15, 0.2) is 0 Å². The van der Waals surface area contributed by atoms with Crippen molar-refractivity contribution in [3.05, 3.63) is 52.2 Å². The van der Waals surface area contributed by atoms with E-state index in [4.69, 9.17) is 0 Å². The monoisotopic (exact) mass is 410 g/mol. The van der Waals surface area contributed by atoms with Gasteiger partial charge in [-0.05, 0) is 29.1 Å². The lowest BCUT2D eigenvalue weighted by atomic mass is 10.0. The van der Waals surface area contributed by atoms with E-state index in [-0.39, 0.29) is 24.2 Å². The molecule has 1 aromatic heterocycles. The fourth-order valence-electron chi connectivity index (χ4n) is 2.86. The van der Waals surface area contributed by atoms with Crippen molar-refractivity contribution in [2.45, 2.75) is 18.6 Å². The Morgan fingerprint density at radius 2 is 1.73 bits per heavy atom. The van der Waals surface area contributed by atoms with Crippen LogP contribution in [0.25, 0.3) is 0 Å². The molecular formula is C17H19ClF4N2OS. The lowest BCUT2D eigenvalue weighted by Gasteiger charge is -2.34. The number of halogens is 5. The maximum atomic E-state index is 13.0. The van der Waals surface area contributed by atoms with Gasteiger partial charge in [-0.15, -0.1) is 23.7 Å². The minimum absolute atomic E-state index is 0. The molecule has 1 saturated heterocycles. The molecule has 0 spiro atoms. The number of thiophene rings is 1. The minimum atomic E-state index is -4.49. The lowest BCUT2D eigenvalue weighted by Crippen LogP contribution is -2.45. The van der Waals surface area contributed by atoms with Gasteiger partial charge in [0, 0.05) is 31.1 Å². The number of hydrogen-bond acceptors (Lipinski definition) is 4. The molecule has 1 N–H and O–H groups in total. The molecule has 0 bridgehead atoms. The first-order valence-electron chi connectivity index (χ1n) is 7.90. The van der Waals surface area contributed by atoms with Crippen LogP contribution in [-0.2, 0) is 0 Å². The van der Waals surface area contributed by atoms with Gasteiger partial charge < -0.3 is 10.1 Å². The van der Waals surface area contributed by atoms with E-state index >= 15 is 0 Å². The van der Waals surface area contributed by atoms with Gasteiger partial charge in [-0.2, -0.15) is 17.6 Å². The summed E-state index contributed by atoms with van der Waals surface area (Å²) in [6.07, 6.45) is -8.36. The number of nitrogens with zero attached hydrogens (tertiary/aromatic N) is 1. The maximum absolute atomic E-state index is 13.0. The first kappa shape index (κ1) is 21.0. The van der Waals surface area contributed by atoms with Gasteiger partial charge in [0.25, 0.3) is 0 Å². The van der Waals surface area contributed by atoms with Crippen molar-refractivity contribution >= 4 is 23.7 Å².